The summed E-state index contributed by atoms with van der Waals surface area (Å²) < 4.78 is 30.0. The molecule has 2 heterocycles. The van der Waals surface area contributed by atoms with Gasteiger partial charge in [-0.3, -0.25) is 19.7 Å². The molecule has 0 bridgehead atoms. The molecule has 0 aromatic heterocycles. The molecule has 20 heavy (non-hydrogen) atoms. The molecular weight excluding hydrogens is 263 g/mol. The minimum atomic E-state index is -2.23. The van der Waals surface area contributed by atoms with E-state index in [9.17, 15) is 18.8 Å². The molecule has 1 saturated heterocycles. The SMILES string of the molecule is [2H]C1([2H])c2cc(C)c(F)cc2C(=O)N1C1CCC(=O)NC1=O. The Morgan fingerprint density at radius 1 is 1.40 bits per heavy atom. The van der Waals surface area contributed by atoms with E-state index in [1.54, 1.807) is 0 Å². The third-order valence-corrected chi connectivity index (χ3v) is 3.51. The number of benzene rings is 1. The second-order valence-corrected chi connectivity index (χ2v) is 4.90. The maximum atomic E-state index is 13.7. The number of amides is 3. The average Bonchev–Trinajstić information content (AvgIpc) is 2.60. The predicted molar refractivity (Wildman–Crippen MR) is 67.2 cm³/mol. The molecule has 3 rings (SSSR count). The molecule has 1 fully saturated rings. The van der Waals surface area contributed by atoms with Crippen molar-refractivity contribution in [3.05, 3.63) is 34.6 Å². The number of hydrogen-bond acceptors (Lipinski definition) is 3. The smallest absolute Gasteiger partial charge is 0.255 e. The first kappa shape index (κ1) is 10.5. The minimum Gasteiger partial charge on any atom is -0.322 e. The van der Waals surface area contributed by atoms with Crippen LogP contribution in [0.25, 0.3) is 0 Å². The fraction of sp³-hybridized carbons (Fsp3) is 0.357. The topological polar surface area (TPSA) is 66.5 Å². The van der Waals surface area contributed by atoms with Crippen molar-refractivity contribution >= 4 is 17.7 Å². The Bertz CT molecular complexity index is 720. The van der Waals surface area contributed by atoms with E-state index in [-0.39, 0.29) is 29.5 Å². The van der Waals surface area contributed by atoms with Crippen LogP contribution in [0.3, 0.4) is 0 Å². The maximum Gasteiger partial charge on any atom is 0.255 e. The third kappa shape index (κ3) is 1.88. The molecule has 0 saturated carbocycles. The molecule has 1 aromatic rings. The lowest BCUT2D eigenvalue weighted by molar-refractivity contribution is -0.136. The van der Waals surface area contributed by atoms with Crippen LogP contribution >= 0.6 is 0 Å². The zero-order valence-corrected chi connectivity index (χ0v) is 10.7. The molecule has 0 spiro atoms. The average molecular weight is 278 g/mol. The van der Waals surface area contributed by atoms with Crippen molar-refractivity contribution in [3.63, 3.8) is 0 Å². The lowest BCUT2D eigenvalue weighted by Crippen LogP contribution is -2.52. The highest BCUT2D eigenvalue weighted by Crippen LogP contribution is 2.29. The van der Waals surface area contributed by atoms with Crippen LogP contribution in [0.4, 0.5) is 4.39 Å². The van der Waals surface area contributed by atoms with Crippen molar-refractivity contribution in [1.29, 1.82) is 0 Å². The lowest BCUT2D eigenvalue weighted by atomic mass is 10.0. The van der Waals surface area contributed by atoms with Crippen molar-refractivity contribution in [2.24, 2.45) is 0 Å². The normalized spacial score (nSPS) is 26.0. The molecule has 104 valence electrons. The van der Waals surface area contributed by atoms with Crippen LogP contribution in [0.2, 0.25) is 0 Å². The summed E-state index contributed by atoms with van der Waals surface area (Å²) in [6, 6.07) is 1.20. The summed E-state index contributed by atoms with van der Waals surface area (Å²) in [6.07, 6.45) is 0.0748. The number of imide groups is 1. The lowest BCUT2D eigenvalue weighted by Gasteiger charge is -2.29. The van der Waals surface area contributed by atoms with Gasteiger partial charge >= 0.3 is 0 Å². The van der Waals surface area contributed by atoms with Crippen molar-refractivity contribution in [3.8, 4) is 0 Å². The molecule has 0 radical (unpaired) electrons. The van der Waals surface area contributed by atoms with Crippen LogP contribution in [-0.2, 0) is 16.1 Å². The highest BCUT2D eigenvalue weighted by molar-refractivity contribution is 6.05. The van der Waals surface area contributed by atoms with Crippen LogP contribution in [0.5, 0.6) is 0 Å². The van der Waals surface area contributed by atoms with E-state index in [0.29, 0.717) is 0 Å². The first-order valence-corrected chi connectivity index (χ1v) is 6.21. The highest BCUT2D eigenvalue weighted by Gasteiger charge is 2.39. The van der Waals surface area contributed by atoms with Crippen molar-refractivity contribution in [2.75, 3.05) is 0 Å². The summed E-state index contributed by atoms with van der Waals surface area (Å²) in [5, 5.41) is 2.10. The fourth-order valence-electron chi connectivity index (χ4n) is 2.41. The second kappa shape index (κ2) is 4.40. The number of piperidine rings is 1. The Labute approximate surface area is 117 Å². The molecular formula is C14H13FN2O3. The van der Waals surface area contributed by atoms with Gasteiger partial charge in [0.25, 0.3) is 5.91 Å². The Morgan fingerprint density at radius 3 is 2.85 bits per heavy atom. The third-order valence-electron chi connectivity index (χ3n) is 3.51. The summed E-state index contributed by atoms with van der Waals surface area (Å²) in [5.74, 6) is -2.51. The van der Waals surface area contributed by atoms with E-state index in [1.165, 1.54) is 13.0 Å². The van der Waals surface area contributed by atoms with Crippen LogP contribution in [-0.4, -0.2) is 28.7 Å². The first-order chi connectivity index (χ1) is 10.2. The zero-order valence-electron chi connectivity index (χ0n) is 12.7. The van der Waals surface area contributed by atoms with E-state index in [2.05, 4.69) is 5.32 Å². The number of rotatable bonds is 1. The van der Waals surface area contributed by atoms with Crippen molar-refractivity contribution in [1.82, 2.24) is 10.2 Å². The van der Waals surface area contributed by atoms with Crippen LogP contribution in [0.15, 0.2) is 12.1 Å². The van der Waals surface area contributed by atoms with Crippen LogP contribution < -0.4 is 5.32 Å². The monoisotopic (exact) mass is 278 g/mol. The predicted octanol–water partition coefficient (Wildman–Crippen LogP) is 0.895. The minimum absolute atomic E-state index is 0.0278. The van der Waals surface area contributed by atoms with E-state index >= 15 is 0 Å². The molecule has 1 aromatic carbocycles. The summed E-state index contributed by atoms with van der Waals surface area (Å²) in [6.45, 7) is -0.752. The molecule has 6 heteroatoms. The van der Waals surface area contributed by atoms with E-state index in [0.717, 1.165) is 11.0 Å². The van der Waals surface area contributed by atoms with E-state index < -0.39 is 36.1 Å². The maximum absolute atomic E-state index is 13.7. The highest BCUT2D eigenvalue weighted by atomic mass is 19.1. The standard InChI is InChI=1S/C14H13FN2O3/c1-7-4-8-6-17(14(20)9(8)5-10(7)15)11-2-3-12(18)16-13(11)19/h4-5,11H,2-3,6H2,1H3,(H,16,18,19)/i6D2. The van der Waals surface area contributed by atoms with Gasteiger partial charge in [0, 0.05) is 18.5 Å². The van der Waals surface area contributed by atoms with Gasteiger partial charge in [-0.1, -0.05) is 6.07 Å². The molecule has 1 N–H and O–H groups in total. The van der Waals surface area contributed by atoms with Gasteiger partial charge in [0.1, 0.15) is 11.9 Å². The largest absolute Gasteiger partial charge is 0.322 e. The van der Waals surface area contributed by atoms with Gasteiger partial charge in [0.05, 0.1) is 2.74 Å². The Balaban J connectivity index is 2.06. The number of aryl methyl sites for hydroxylation is 1. The second-order valence-electron chi connectivity index (χ2n) is 4.90. The van der Waals surface area contributed by atoms with Crippen LogP contribution in [0.1, 0.15) is 37.1 Å². The number of carbonyl (C=O) groups is 3. The van der Waals surface area contributed by atoms with Gasteiger partial charge in [-0.15, -0.1) is 0 Å². The summed E-state index contributed by atoms with van der Waals surface area (Å²) >= 11 is 0. The molecule has 1 atom stereocenters. The van der Waals surface area contributed by atoms with Gasteiger partial charge in [-0.25, -0.2) is 4.39 Å². The van der Waals surface area contributed by atoms with Crippen molar-refractivity contribution < 1.29 is 21.5 Å². The van der Waals surface area contributed by atoms with Crippen molar-refractivity contribution in [2.45, 2.75) is 32.3 Å². The number of halogens is 1. The number of carbonyl (C=O) groups excluding carboxylic acids is 3. The van der Waals surface area contributed by atoms with E-state index in [1.807, 2.05) is 0 Å². The summed E-state index contributed by atoms with van der Waals surface area (Å²) in [5.41, 5.74) is 0.180. The molecule has 1 unspecified atom stereocenters. The van der Waals surface area contributed by atoms with Gasteiger partial charge in [-0.05, 0) is 30.5 Å². The summed E-state index contributed by atoms with van der Waals surface area (Å²) in [7, 11) is 0. The molecule has 5 nitrogen and oxygen atoms in total. The number of fused-ring (bicyclic) bond motifs is 1. The zero-order chi connectivity index (χ0) is 16.2. The fourth-order valence-corrected chi connectivity index (χ4v) is 2.41. The molecule has 0 aliphatic carbocycles. The van der Waals surface area contributed by atoms with Crippen LogP contribution in [0, 0.1) is 12.7 Å². The number of hydrogen-bond donors (Lipinski definition) is 1. The van der Waals surface area contributed by atoms with Gasteiger partial charge < -0.3 is 4.90 Å². The Kier molecular flexibility index (Phi) is 2.32. The van der Waals surface area contributed by atoms with E-state index in [4.69, 9.17) is 2.74 Å². The quantitative estimate of drug-likeness (QED) is 0.776. The Morgan fingerprint density at radius 2 is 2.15 bits per heavy atom. The molecule has 2 aliphatic heterocycles. The molecule has 3 amide bonds. The van der Waals surface area contributed by atoms with Gasteiger partial charge in [0.2, 0.25) is 11.8 Å². The van der Waals surface area contributed by atoms with Gasteiger partial charge in [-0.2, -0.15) is 0 Å². The summed E-state index contributed by atoms with van der Waals surface area (Å²) in [4.78, 5) is 36.4. The van der Waals surface area contributed by atoms with Gasteiger partial charge in [0.15, 0.2) is 0 Å². The number of nitrogens with one attached hydrogen (secondary N) is 1. The molecule has 2 aliphatic rings. The number of nitrogens with zero attached hydrogens (tertiary/aromatic N) is 1. The Hall–Kier alpha value is -2.24. The first-order valence-electron chi connectivity index (χ1n) is 7.21.